The lowest BCUT2D eigenvalue weighted by Crippen LogP contribution is -2.62. The highest BCUT2D eigenvalue weighted by Gasteiger charge is 2.62. The second-order valence-corrected chi connectivity index (χ2v) is 17.9. The summed E-state index contributed by atoms with van der Waals surface area (Å²) >= 11 is 0. The van der Waals surface area contributed by atoms with Crippen LogP contribution in [0.15, 0.2) is 24.3 Å². The molecule has 10 bridgehead atoms. The average molecular weight is 760 g/mol. The van der Waals surface area contributed by atoms with Crippen LogP contribution in [0.5, 0.6) is 0 Å². The van der Waals surface area contributed by atoms with Crippen molar-refractivity contribution in [2.75, 3.05) is 20.8 Å². The molecule has 4 unspecified atom stereocenters. The monoisotopic (exact) mass is 759 g/mol. The van der Waals surface area contributed by atoms with Crippen molar-refractivity contribution < 1.29 is 52.5 Å². The predicted molar refractivity (Wildman–Crippen MR) is 198 cm³/mol. The zero-order valence-electron chi connectivity index (χ0n) is 32.8. The highest BCUT2D eigenvalue weighted by atomic mass is 16.7. The fraction of sp³-hybridized carbons (Fsp3) is 0.881. The van der Waals surface area contributed by atoms with Crippen LogP contribution in [0.3, 0.4) is 0 Å². The molecule has 8 rings (SSSR count). The van der Waals surface area contributed by atoms with E-state index in [1.165, 1.54) is 0 Å². The molecule has 0 saturated carbocycles. The first kappa shape index (κ1) is 39.5. The molecular formula is C42H65NO11. The minimum Gasteiger partial charge on any atom is -0.392 e. The van der Waals surface area contributed by atoms with E-state index in [1.807, 2.05) is 0 Å². The number of methoxy groups -OCH3 is 2. The van der Waals surface area contributed by atoms with E-state index in [0.29, 0.717) is 32.1 Å². The number of rotatable bonds is 5. The quantitative estimate of drug-likeness (QED) is 0.385. The minimum atomic E-state index is -0.840. The Morgan fingerprint density at radius 1 is 0.815 bits per heavy atom. The van der Waals surface area contributed by atoms with E-state index in [9.17, 15) is 9.90 Å². The van der Waals surface area contributed by atoms with E-state index >= 15 is 0 Å². The van der Waals surface area contributed by atoms with Gasteiger partial charge in [-0.25, -0.2) is 0 Å². The Morgan fingerprint density at radius 3 is 2.35 bits per heavy atom. The predicted octanol–water partition coefficient (Wildman–Crippen LogP) is 4.32. The number of carbonyl (C=O) groups is 1. The number of ether oxygens (including phenoxy) is 9. The van der Waals surface area contributed by atoms with Gasteiger partial charge in [-0.05, 0) is 62.0 Å². The number of ketones is 1. The second-order valence-electron chi connectivity index (χ2n) is 17.9. The summed E-state index contributed by atoms with van der Waals surface area (Å²) in [7, 11) is 3.41. The van der Waals surface area contributed by atoms with E-state index < -0.39 is 18.0 Å². The molecule has 12 nitrogen and oxygen atoms in total. The van der Waals surface area contributed by atoms with Crippen LogP contribution in [0.25, 0.3) is 0 Å². The highest BCUT2D eigenvalue weighted by Crippen LogP contribution is 2.51. The molecule has 3 N–H and O–H groups in total. The van der Waals surface area contributed by atoms with Crippen molar-refractivity contribution in [2.24, 2.45) is 23.5 Å². The first-order chi connectivity index (χ1) is 26.0. The third-order valence-corrected chi connectivity index (χ3v) is 14.3. The van der Waals surface area contributed by atoms with Gasteiger partial charge in [0.25, 0.3) is 0 Å². The number of aliphatic hydroxyl groups is 1. The van der Waals surface area contributed by atoms with Crippen molar-refractivity contribution in [3.63, 3.8) is 0 Å². The van der Waals surface area contributed by atoms with Gasteiger partial charge in [0, 0.05) is 71.1 Å². The lowest BCUT2D eigenvalue weighted by Gasteiger charge is -2.50. The number of aliphatic hydroxyl groups excluding tert-OH is 1. The van der Waals surface area contributed by atoms with Gasteiger partial charge in [0.1, 0.15) is 18.0 Å². The van der Waals surface area contributed by atoms with Crippen LogP contribution in [0, 0.1) is 17.8 Å². The van der Waals surface area contributed by atoms with E-state index in [-0.39, 0.29) is 122 Å². The molecule has 0 amide bonds. The molecule has 19 atom stereocenters. The molecule has 0 radical (unpaired) electrons. The number of Topliss-reactive ketones (excluding diaryl/α,β-unsaturated/α-hetero) is 1. The van der Waals surface area contributed by atoms with Gasteiger partial charge in [0.15, 0.2) is 5.79 Å². The van der Waals surface area contributed by atoms with E-state index in [0.717, 1.165) is 49.7 Å². The lowest BCUT2D eigenvalue weighted by molar-refractivity contribution is -0.290. The van der Waals surface area contributed by atoms with Crippen LogP contribution in [-0.2, 0) is 47.4 Å². The van der Waals surface area contributed by atoms with Gasteiger partial charge >= 0.3 is 0 Å². The Bertz CT molecular complexity index is 1380. The van der Waals surface area contributed by atoms with Crippen LogP contribution in [0.4, 0.5) is 0 Å². The lowest BCUT2D eigenvalue weighted by atomic mass is 9.79. The minimum absolute atomic E-state index is 0.0155. The molecular weight excluding hydrogens is 694 g/mol. The molecule has 8 aliphatic rings. The fourth-order valence-electron chi connectivity index (χ4n) is 11.3. The Morgan fingerprint density at radius 2 is 1.57 bits per heavy atom. The molecule has 12 heteroatoms. The van der Waals surface area contributed by atoms with Crippen molar-refractivity contribution >= 4 is 5.78 Å². The van der Waals surface area contributed by atoms with Crippen molar-refractivity contribution in [1.29, 1.82) is 0 Å². The first-order valence-corrected chi connectivity index (χ1v) is 20.9. The van der Waals surface area contributed by atoms with Crippen molar-refractivity contribution in [1.82, 2.24) is 0 Å². The van der Waals surface area contributed by atoms with Gasteiger partial charge in [-0.1, -0.05) is 27.0 Å². The summed E-state index contributed by atoms with van der Waals surface area (Å²) in [5, 5.41) is 10.6. The Balaban J connectivity index is 1.08. The second kappa shape index (κ2) is 16.2. The van der Waals surface area contributed by atoms with E-state index in [2.05, 4.69) is 27.0 Å². The van der Waals surface area contributed by atoms with Crippen LogP contribution in [0.1, 0.15) is 97.3 Å². The Labute approximate surface area is 321 Å². The van der Waals surface area contributed by atoms with Crippen LogP contribution in [0.2, 0.25) is 0 Å². The van der Waals surface area contributed by atoms with Crippen LogP contribution >= 0.6 is 0 Å². The molecule has 0 aromatic heterocycles. The highest BCUT2D eigenvalue weighted by molar-refractivity contribution is 5.79. The normalized spacial score (nSPS) is 50.3. The molecule has 8 heterocycles. The number of carbonyl (C=O) groups excluding carboxylic acids is 1. The molecule has 54 heavy (non-hydrogen) atoms. The number of hydrogen-bond donors (Lipinski definition) is 2. The SMILES string of the molecule is C=C1C2C[C@@H]3O[C@H](C[C@H](O)CN)[C@H](OC)[C@H]3CC(=O)C[C@H]3CC[C@@H]4O[C@@H]5[C@@H](C)[C@@H](O[C@@]6(CCC7CC(=C)[C@H](CCC(C[C@H]1C)O2)O7)C[C@H](OC)[C@@H]5O6)C4O3. The number of fused-ring (bicyclic) bond motifs is 9. The van der Waals surface area contributed by atoms with Crippen molar-refractivity contribution in [3.05, 3.63) is 24.3 Å². The number of hydrogen-bond acceptors (Lipinski definition) is 12. The van der Waals surface area contributed by atoms with Crippen molar-refractivity contribution in [3.8, 4) is 0 Å². The smallest absolute Gasteiger partial charge is 0.172 e. The molecule has 0 aromatic carbocycles. The van der Waals surface area contributed by atoms with Gasteiger partial charge in [-0.15, -0.1) is 0 Å². The molecule has 8 aliphatic heterocycles. The Hall–Kier alpha value is -1.29. The summed E-state index contributed by atoms with van der Waals surface area (Å²) in [6, 6.07) is 0. The maximum atomic E-state index is 14.1. The van der Waals surface area contributed by atoms with Gasteiger partial charge in [0.2, 0.25) is 0 Å². The van der Waals surface area contributed by atoms with E-state index in [1.54, 1.807) is 14.2 Å². The van der Waals surface area contributed by atoms with Gasteiger partial charge in [-0.3, -0.25) is 4.79 Å². The number of nitrogens with two attached hydrogens (primary N) is 1. The molecule has 0 aromatic rings. The van der Waals surface area contributed by atoms with Gasteiger partial charge < -0.3 is 53.5 Å². The fourth-order valence-corrected chi connectivity index (χ4v) is 11.3. The van der Waals surface area contributed by atoms with E-state index in [4.69, 9.17) is 48.4 Å². The largest absolute Gasteiger partial charge is 0.392 e. The summed E-state index contributed by atoms with van der Waals surface area (Å²) in [5.41, 5.74) is 8.01. The summed E-state index contributed by atoms with van der Waals surface area (Å²) < 4.78 is 60.0. The Kier molecular flexibility index (Phi) is 11.8. The zero-order valence-corrected chi connectivity index (χ0v) is 32.8. The maximum absolute atomic E-state index is 14.1. The summed E-state index contributed by atoms with van der Waals surface area (Å²) in [6.07, 6.45) is 4.90. The van der Waals surface area contributed by atoms with Gasteiger partial charge in [0.05, 0.1) is 79.4 Å². The molecule has 8 fully saturated rings. The zero-order chi connectivity index (χ0) is 37.9. The van der Waals surface area contributed by atoms with Crippen LogP contribution < -0.4 is 5.73 Å². The van der Waals surface area contributed by atoms with Crippen molar-refractivity contribution in [2.45, 2.75) is 195 Å². The maximum Gasteiger partial charge on any atom is 0.172 e. The summed E-state index contributed by atoms with van der Waals surface area (Å²) in [5.74, 6) is -0.666. The molecule has 8 saturated heterocycles. The third kappa shape index (κ3) is 7.68. The first-order valence-electron chi connectivity index (χ1n) is 20.9. The molecule has 304 valence electrons. The molecule has 0 aliphatic carbocycles. The van der Waals surface area contributed by atoms with Crippen LogP contribution in [-0.4, -0.2) is 129 Å². The topological polar surface area (TPSA) is 146 Å². The third-order valence-electron chi connectivity index (χ3n) is 14.3. The van der Waals surface area contributed by atoms with Gasteiger partial charge in [-0.2, -0.15) is 0 Å². The summed E-state index contributed by atoms with van der Waals surface area (Å²) in [4.78, 5) is 14.1. The average Bonchev–Trinajstić information content (AvgIpc) is 3.79. The summed E-state index contributed by atoms with van der Waals surface area (Å²) in [6.45, 7) is 13.4. The molecule has 1 spiro atoms. The standard InChI is InChI=1S/C42H65NO11/c1-21-13-27-7-9-31-22(2)14-29(48-31)11-12-42-19-36(46-5)41(54-42)37-24(4)38(53-42)40-32(52-37)10-8-28(50-40)15-25(44)16-30-34(18-33(49-27)23(21)3)51-35(39(30)47-6)17-26(45)20-43/h21,24,26-41,45H,2-3,7-20,43H2,1,4-6H3/t21-,24-,26+,27?,28-,29?,30+,31+,32+,33?,34+,35-,36+,37-,38-,39-,40?,41+,42-/m1/s1.